The highest BCUT2D eigenvalue weighted by Gasteiger charge is 2.09. The Morgan fingerprint density at radius 1 is 1.64 bits per heavy atom. The maximum atomic E-state index is 11.1. The van der Waals surface area contributed by atoms with Gasteiger partial charge in [-0.1, -0.05) is 6.92 Å². The standard InChI is InChI=1S/C9H15N3O2/c1-4-7-8(6-12(3)11-7)10-9(13)14-5-2/h6H,4-5H2,1-3H3,(H,10,13). The molecule has 1 N–H and O–H groups in total. The molecule has 0 aliphatic heterocycles. The first kappa shape index (κ1) is 10.6. The number of nitrogens with zero attached hydrogens (tertiary/aromatic N) is 2. The van der Waals surface area contributed by atoms with Gasteiger partial charge >= 0.3 is 6.09 Å². The van der Waals surface area contributed by atoms with Crippen LogP contribution in [0.25, 0.3) is 0 Å². The zero-order valence-corrected chi connectivity index (χ0v) is 8.70. The Bertz CT molecular complexity index is 320. The van der Waals surface area contributed by atoms with Crippen molar-refractivity contribution >= 4 is 11.8 Å². The number of anilines is 1. The maximum Gasteiger partial charge on any atom is 0.411 e. The Morgan fingerprint density at radius 3 is 2.93 bits per heavy atom. The molecule has 0 fully saturated rings. The first-order valence-electron chi connectivity index (χ1n) is 4.63. The molecule has 0 radical (unpaired) electrons. The predicted molar refractivity (Wildman–Crippen MR) is 53.2 cm³/mol. The fourth-order valence-electron chi connectivity index (χ4n) is 1.18. The van der Waals surface area contributed by atoms with E-state index in [4.69, 9.17) is 4.74 Å². The largest absolute Gasteiger partial charge is 0.450 e. The third-order valence-corrected chi connectivity index (χ3v) is 1.75. The average molecular weight is 197 g/mol. The van der Waals surface area contributed by atoms with Crippen LogP contribution < -0.4 is 5.32 Å². The van der Waals surface area contributed by atoms with Gasteiger partial charge < -0.3 is 4.74 Å². The molecule has 5 nitrogen and oxygen atoms in total. The summed E-state index contributed by atoms with van der Waals surface area (Å²) >= 11 is 0. The molecule has 1 rings (SSSR count). The van der Waals surface area contributed by atoms with Crippen LogP contribution in [0.4, 0.5) is 10.5 Å². The van der Waals surface area contributed by atoms with Crippen LogP contribution in [0, 0.1) is 0 Å². The van der Waals surface area contributed by atoms with E-state index in [1.165, 1.54) is 0 Å². The monoisotopic (exact) mass is 197 g/mol. The number of aryl methyl sites for hydroxylation is 2. The number of carbonyl (C=O) groups is 1. The molecule has 0 bridgehead atoms. The topological polar surface area (TPSA) is 56.1 Å². The summed E-state index contributed by atoms with van der Waals surface area (Å²) in [6.07, 6.45) is 2.11. The fraction of sp³-hybridized carbons (Fsp3) is 0.556. The summed E-state index contributed by atoms with van der Waals surface area (Å²) in [7, 11) is 1.81. The number of hydrogen-bond donors (Lipinski definition) is 1. The Kier molecular flexibility index (Phi) is 3.50. The van der Waals surface area contributed by atoms with Crippen molar-refractivity contribution in [2.75, 3.05) is 11.9 Å². The minimum atomic E-state index is -0.435. The minimum absolute atomic E-state index is 0.369. The van der Waals surface area contributed by atoms with Gasteiger partial charge in [0, 0.05) is 13.2 Å². The molecule has 0 unspecified atom stereocenters. The van der Waals surface area contributed by atoms with Crippen LogP contribution in [0.2, 0.25) is 0 Å². The molecule has 0 saturated heterocycles. The van der Waals surface area contributed by atoms with E-state index < -0.39 is 6.09 Å². The number of hydrogen-bond acceptors (Lipinski definition) is 3. The third kappa shape index (κ3) is 2.48. The van der Waals surface area contributed by atoms with E-state index in [1.54, 1.807) is 17.8 Å². The number of ether oxygens (including phenoxy) is 1. The molecule has 5 heteroatoms. The minimum Gasteiger partial charge on any atom is -0.450 e. The van der Waals surface area contributed by atoms with E-state index in [0.29, 0.717) is 12.3 Å². The normalized spacial score (nSPS) is 9.93. The van der Waals surface area contributed by atoms with Crippen molar-refractivity contribution in [2.45, 2.75) is 20.3 Å². The maximum absolute atomic E-state index is 11.1. The SMILES string of the molecule is CCOC(=O)Nc1cn(C)nc1CC. The molecule has 14 heavy (non-hydrogen) atoms. The van der Waals surface area contributed by atoms with Crippen molar-refractivity contribution in [1.82, 2.24) is 9.78 Å². The van der Waals surface area contributed by atoms with Crippen molar-refractivity contribution < 1.29 is 9.53 Å². The van der Waals surface area contributed by atoms with E-state index in [1.807, 2.05) is 14.0 Å². The molecule has 0 aliphatic rings. The molecule has 0 saturated carbocycles. The Hall–Kier alpha value is -1.52. The number of carbonyl (C=O) groups excluding carboxylic acids is 1. The van der Waals surface area contributed by atoms with Crippen molar-refractivity contribution in [1.29, 1.82) is 0 Å². The quantitative estimate of drug-likeness (QED) is 0.799. The lowest BCUT2D eigenvalue weighted by atomic mass is 10.3. The van der Waals surface area contributed by atoms with Gasteiger partial charge in [-0.05, 0) is 13.3 Å². The number of aromatic nitrogens is 2. The van der Waals surface area contributed by atoms with Gasteiger partial charge in [-0.15, -0.1) is 0 Å². The first-order valence-corrected chi connectivity index (χ1v) is 4.63. The van der Waals surface area contributed by atoms with Gasteiger partial charge in [-0.2, -0.15) is 5.10 Å². The highest BCUT2D eigenvalue weighted by molar-refractivity contribution is 5.85. The summed E-state index contributed by atoms with van der Waals surface area (Å²) in [5.41, 5.74) is 1.58. The van der Waals surface area contributed by atoms with Gasteiger partial charge in [-0.25, -0.2) is 4.79 Å². The molecular weight excluding hydrogens is 182 g/mol. The van der Waals surface area contributed by atoms with E-state index in [0.717, 1.165) is 12.1 Å². The van der Waals surface area contributed by atoms with Gasteiger partial charge in [-0.3, -0.25) is 10.00 Å². The van der Waals surface area contributed by atoms with Gasteiger partial charge in [0.15, 0.2) is 0 Å². The molecule has 0 spiro atoms. The van der Waals surface area contributed by atoms with Crippen LogP contribution >= 0.6 is 0 Å². The van der Waals surface area contributed by atoms with E-state index in [9.17, 15) is 4.79 Å². The summed E-state index contributed by atoms with van der Waals surface area (Å²) in [4.78, 5) is 11.1. The van der Waals surface area contributed by atoms with Crippen LogP contribution in [0.3, 0.4) is 0 Å². The molecule has 1 aromatic heterocycles. The summed E-state index contributed by atoms with van der Waals surface area (Å²) in [6.45, 7) is 4.12. The third-order valence-electron chi connectivity index (χ3n) is 1.75. The zero-order chi connectivity index (χ0) is 10.6. The second-order valence-corrected chi connectivity index (χ2v) is 2.86. The summed E-state index contributed by atoms with van der Waals surface area (Å²) < 4.78 is 6.43. The fourth-order valence-corrected chi connectivity index (χ4v) is 1.18. The van der Waals surface area contributed by atoms with Crippen LogP contribution in [0.5, 0.6) is 0 Å². The van der Waals surface area contributed by atoms with Gasteiger partial charge in [0.25, 0.3) is 0 Å². The molecule has 0 aromatic carbocycles. The number of nitrogens with one attached hydrogen (secondary N) is 1. The highest BCUT2D eigenvalue weighted by atomic mass is 16.5. The first-order chi connectivity index (χ1) is 6.67. The zero-order valence-electron chi connectivity index (χ0n) is 8.70. The van der Waals surface area contributed by atoms with Crippen molar-refractivity contribution in [3.63, 3.8) is 0 Å². The highest BCUT2D eigenvalue weighted by Crippen LogP contribution is 2.13. The smallest absolute Gasteiger partial charge is 0.411 e. The van der Waals surface area contributed by atoms with Crippen LogP contribution in [-0.4, -0.2) is 22.5 Å². The molecule has 1 amide bonds. The Morgan fingerprint density at radius 2 is 2.36 bits per heavy atom. The van der Waals surface area contributed by atoms with E-state index in [-0.39, 0.29) is 0 Å². The predicted octanol–water partition coefficient (Wildman–Crippen LogP) is 1.55. The van der Waals surface area contributed by atoms with Gasteiger partial charge in [0.1, 0.15) is 0 Å². The van der Waals surface area contributed by atoms with Crippen LogP contribution in [0.15, 0.2) is 6.20 Å². The Labute approximate surface area is 83.1 Å². The summed E-state index contributed by atoms with van der Waals surface area (Å²) in [5.74, 6) is 0. The average Bonchev–Trinajstić information content (AvgIpc) is 2.46. The lowest BCUT2D eigenvalue weighted by Gasteiger charge is -2.03. The molecule has 1 aromatic rings. The van der Waals surface area contributed by atoms with E-state index >= 15 is 0 Å². The molecule has 0 aliphatic carbocycles. The lowest BCUT2D eigenvalue weighted by molar-refractivity contribution is 0.168. The number of rotatable bonds is 3. The van der Waals surface area contributed by atoms with Crippen LogP contribution in [-0.2, 0) is 18.2 Å². The lowest BCUT2D eigenvalue weighted by Crippen LogP contribution is -2.13. The Balaban J connectivity index is 2.70. The molecule has 78 valence electrons. The molecular formula is C9H15N3O2. The van der Waals surface area contributed by atoms with Crippen LogP contribution in [0.1, 0.15) is 19.5 Å². The van der Waals surface area contributed by atoms with E-state index in [2.05, 4.69) is 10.4 Å². The number of amides is 1. The van der Waals surface area contributed by atoms with Crippen molar-refractivity contribution in [3.8, 4) is 0 Å². The second-order valence-electron chi connectivity index (χ2n) is 2.86. The van der Waals surface area contributed by atoms with Gasteiger partial charge in [0.2, 0.25) is 0 Å². The molecule has 0 atom stereocenters. The summed E-state index contributed by atoms with van der Waals surface area (Å²) in [6, 6.07) is 0. The van der Waals surface area contributed by atoms with Crippen molar-refractivity contribution in [2.24, 2.45) is 7.05 Å². The second kappa shape index (κ2) is 4.64. The van der Waals surface area contributed by atoms with Crippen molar-refractivity contribution in [3.05, 3.63) is 11.9 Å². The summed E-state index contributed by atoms with van der Waals surface area (Å²) in [5, 5.41) is 6.83. The van der Waals surface area contributed by atoms with Gasteiger partial charge in [0.05, 0.1) is 18.0 Å². The molecule has 1 heterocycles.